The van der Waals surface area contributed by atoms with Crippen LogP contribution in [0, 0.1) is 5.92 Å². The Hall–Kier alpha value is -1.55. The Morgan fingerprint density at radius 3 is 2.55 bits per heavy atom. The van der Waals surface area contributed by atoms with Gasteiger partial charge in [-0.3, -0.25) is 9.69 Å². The molecule has 3 saturated heterocycles. The number of nitrogens with zero attached hydrogens (tertiary/aromatic N) is 2. The second kappa shape index (κ2) is 10.5. The van der Waals surface area contributed by atoms with Gasteiger partial charge in [-0.1, -0.05) is 30.3 Å². The normalized spacial score (nSPS) is 25.3. The van der Waals surface area contributed by atoms with Crippen LogP contribution in [0.2, 0.25) is 0 Å². The number of benzene rings is 1. The summed E-state index contributed by atoms with van der Waals surface area (Å²) < 4.78 is 0. The van der Waals surface area contributed by atoms with E-state index in [1.165, 1.54) is 31.5 Å². The number of hydrogen-bond donors (Lipinski definition) is 5. The molecule has 1 aromatic rings. The van der Waals surface area contributed by atoms with Crippen LogP contribution in [0.4, 0.5) is 0 Å². The molecule has 0 saturated carbocycles. The molecular formula is C21H35N7O. The summed E-state index contributed by atoms with van der Waals surface area (Å²) in [7, 11) is 0. The maximum Gasteiger partial charge on any atom is 0.224 e. The van der Waals surface area contributed by atoms with Gasteiger partial charge in [-0.2, -0.15) is 11.1 Å². The Kier molecular flexibility index (Phi) is 7.48. The van der Waals surface area contributed by atoms with Crippen molar-refractivity contribution in [2.24, 2.45) is 5.92 Å². The maximum atomic E-state index is 12.6. The van der Waals surface area contributed by atoms with Crippen molar-refractivity contribution in [3.8, 4) is 0 Å². The number of carbonyl (C=O) groups excluding carboxylic acids is 1. The van der Waals surface area contributed by atoms with E-state index in [1.54, 1.807) is 0 Å². The van der Waals surface area contributed by atoms with E-state index >= 15 is 0 Å². The fraction of sp³-hybridized carbons (Fsp3) is 0.667. The summed E-state index contributed by atoms with van der Waals surface area (Å²) in [5.74, 6) is 0.299. The molecule has 0 aliphatic carbocycles. The van der Waals surface area contributed by atoms with Crippen molar-refractivity contribution >= 4 is 5.91 Å². The largest absolute Gasteiger partial charge is 0.353 e. The van der Waals surface area contributed by atoms with Gasteiger partial charge in [0.15, 0.2) is 0 Å². The van der Waals surface area contributed by atoms with Crippen LogP contribution in [-0.2, 0) is 11.2 Å². The number of hydrazine groups is 3. The quantitative estimate of drug-likeness (QED) is 0.439. The smallest absolute Gasteiger partial charge is 0.224 e. The first-order chi connectivity index (χ1) is 14.3. The van der Waals surface area contributed by atoms with Crippen molar-refractivity contribution in [2.75, 3.05) is 39.3 Å². The van der Waals surface area contributed by atoms with Gasteiger partial charge in [0.05, 0.1) is 5.92 Å². The molecule has 3 fully saturated rings. The van der Waals surface area contributed by atoms with Crippen molar-refractivity contribution in [1.82, 2.24) is 37.0 Å². The number of rotatable bonds is 7. The first kappa shape index (κ1) is 20.7. The van der Waals surface area contributed by atoms with Gasteiger partial charge in [0.2, 0.25) is 5.91 Å². The lowest BCUT2D eigenvalue weighted by atomic mass is 9.93. The van der Waals surface area contributed by atoms with Crippen LogP contribution in [0.5, 0.6) is 0 Å². The van der Waals surface area contributed by atoms with Crippen LogP contribution in [0.1, 0.15) is 31.2 Å². The lowest BCUT2D eigenvalue weighted by molar-refractivity contribution is -0.127. The molecule has 3 heterocycles. The molecule has 3 aliphatic heterocycles. The summed E-state index contributed by atoms with van der Waals surface area (Å²) in [5, 5.41) is 3.08. The number of piperidine rings is 2. The molecule has 1 aromatic carbocycles. The van der Waals surface area contributed by atoms with E-state index in [0.717, 1.165) is 38.9 Å². The van der Waals surface area contributed by atoms with Crippen LogP contribution in [0.25, 0.3) is 0 Å². The first-order valence-electron chi connectivity index (χ1n) is 11.1. The highest BCUT2D eigenvalue weighted by Crippen LogP contribution is 2.24. The molecule has 0 aromatic heterocycles. The average molecular weight is 402 g/mol. The van der Waals surface area contributed by atoms with Crippen molar-refractivity contribution < 1.29 is 4.79 Å². The molecule has 1 amide bonds. The Morgan fingerprint density at radius 1 is 1.03 bits per heavy atom. The molecule has 5 N–H and O–H groups in total. The molecule has 160 valence electrons. The van der Waals surface area contributed by atoms with Gasteiger partial charge in [0.1, 0.15) is 6.17 Å². The van der Waals surface area contributed by atoms with Crippen LogP contribution >= 0.6 is 0 Å². The van der Waals surface area contributed by atoms with Crippen molar-refractivity contribution in [3.05, 3.63) is 35.9 Å². The van der Waals surface area contributed by atoms with E-state index in [1.807, 2.05) is 0 Å². The van der Waals surface area contributed by atoms with E-state index in [9.17, 15) is 4.79 Å². The molecular weight excluding hydrogens is 366 g/mol. The molecule has 1 unspecified atom stereocenters. The van der Waals surface area contributed by atoms with E-state index in [0.29, 0.717) is 12.6 Å². The minimum absolute atomic E-state index is 0.0128. The van der Waals surface area contributed by atoms with Crippen molar-refractivity contribution in [3.63, 3.8) is 0 Å². The van der Waals surface area contributed by atoms with Crippen molar-refractivity contribution in [1.29, 1.82) is 0 Å². The zero-order valence-electron chi connectivity index (χ0n) is 17.2. The SMILES string of the molecule is O=C(NCC1NNNN1)C1CCCN(C2CCN(CCc3ccccc3)CC2)C1. The molecule has 1 atom stereocenters. The van der Waals surface area contributed by atoms with Gasteiger partial charge in [-0.25, -0.2) is 10.9 Å². The van der Waals surface area contributed by atoms with E-state index < -0.39 is 0 Å². The lowest BCUT2D eigenvalue weighted by Gasteiger charge is -2.42. The van der Waals surface area contributed by atoms with Crippen molar-refractivity contribution in [2.45, 2.75) is 44.3 Å². The highest BCUT2D eigenvalue weighted by atomic mass is 16.2. The molecule has 29 heavy (non-hydrogen) atoms. The summed E-state index contributed by atoms with van der Waals surface area (Å²) in [6.07, 6.45) is 5.70. The zero-order chi connectivity index (χ0) is 19.9. The summed E-state index contributed by atoms with van der Waals surface area (Å²) >= 11 is 0. The highest BCUT2D eigenvalue weighted by Gasteiger charge is 2.31. The highest BCUT2D eigenvalue weighted by molar-refractivity contribution is 5.79. The van der Waals surface area contributed by atoms with Gasteiger partial charge >= 0.3 is 0 Å². The zero-order valence-corrected chi connectivity index (χ0v) is 17.2. The summed E-state index contributed by atoms with van der Waals surface area (Å²) in [6, 6.07) is 11.4. The monoisotopic (exact) mass is 401 g/mol. The second-order valence-corrected chi connectivity index (χ2v) is 8.48. The molecule has 8 heteroatoms. The topological polar surface area (TPSA) is 83.7 Å². The van der Waals surface area contributed by atoms with Crippen LogP contribution in [0.3, 0.4) is 0 Å². The molecule has 0 bridgehead atoms. The fourth-order valence-electron chi connectivity index (χ4n) is 4.72. The van der Waals surface area contributed by atoms with Crippen LogP contribution in [0.15, 0.2) is 30.3 Å². The summed E-state index contributed by atoms with van der Waals surface area (Å²) in [4.78, 5) is 17.8. The van der Waals surface area contributed by atoms with Crippen LogP contribution < -0.4 is 27.2 Å². The lowest BCUT2D eigenvalue weighted by Crippen LogP contribution is -2.52. The van der Waals surface area contributed by atoms with Gasteiger partial charge in [0, 0.05) is 25.7 Å². The third-order valence-corrected chi connectivity index (χ3v) is 6.49. The van der Waals surface area contributed by atoms with Gasteiger partial charge in [-0.15, -0.1) is 0 Å². The maximum absolute atomic E-state index is 12.6. The van der Waals surface area contributed by atoms with Gasteiger partial charge < -0.3 is 10.2 Å². The van der Waals surface area contributed by atoms with Gasteiger partial charge in [-0.05, 0) is 57.3 Å². The second-order valence-electron chi connectivity index (χ2n) is 8.48. The third kappa shape index (κ3) is 5.97. The molecule has 3 aliphatic rings. The summed E-state index contributed by atoms with van der Waals surface area (Å²) in [6.45, 7) is 6.10. The number of carbonyl (C=O) groups is 1. The molecule has 8 nitrogen and oxygen atoms in total. The molecule has 0 spiro atoms. The van der Waals surface area contributed by atoms with Crippen LogP contribution in [-0.4, -0.2) is 67.2 Å². The first-order valence-corrected chi connectivity index (χ1v) is 11.1. The third-order valence-electron chi connectivity index (χ3n) is 6.49. The average Bonchev–Trinajstić information content (AvgIpc) is 3.31. The Labute approximate surface area is 173 Å². The van der Waals surface area contributed by atoms with E-state index in [2.05, 4.69) is 67.4 Å². The fourth-order valence-corrected chi connectivity index (χ4v) is 4.72. The number of likely N-dealkylation sites (tertiary alicyclic amines) is 2. The van der Waals surface area contributed by atoms with Gasteiger partial charge in [0.25, 0.3) is 0 Å². The van der Waals surface area contributed by atoms with E-state index in [-0.39, 0.29) is 18.0 Å². The number of nitrogens with one attached hydrogen (secondary N) is 5. The standard InChI is InChI=1S/C21H35N7O/c29-21(22-15-20-23-25-26-24-20)18-7-4-11-28(16-18)19-9-13-27(14-10-19)12-8-17-5-2-1-3-6-17/h1-3,5-6,18-20,23-26H,4,7-16H2,(H,22,29). The molecule has 4 rings (SSSR count). The Balaban J connectivity index is 1.17. The molecule has 0 radical (unpaired) electrons. The minimum atomic E-state index is 0.0128. The Bertz CT molecular complexity index is 629. The number of amides is 1. The summed E-state index contributed by atoms with van der Waals surface area (Å²) in [5.41, 5.74) is 13.0. The van der Waals surface area contributed by atoms with E-state index in [4.69, 9.17) is 0 Å². The minimum Gasteiger partial charge on any atom is -0.353 e. The predicted molar refractivity (Wildman–Crippen MR) is 113 cm³/mol. The Morgan fingerprint density at radius 2 is 1.79 bits per heavy atom. The predicted octanol–water partition coefficient (Wildman–Crippen LogP) is -0.0352. The number of hydrogen-bond acceptors (Lipinski definition) is 7.